The first-order chi connectivity index (χ1) is 15.8. The van der Waals surface area contributed by atoms with Crippen molar-refractivity contribution < 1.29 is 28.6 Å². The average molecular weight is 451 g/mol. The highest BCUT2D eigenvalue weighted by molar-refractivity contribution is 6.27. The highest BCUT2D eigenvalue weighted by Crippen LogP contribution is 2.30. The van der Waals surface area contributed by atoms with Crippen LogP contribution in [0.25, 0.3) is 17.1 Å². The molecule has 1 saturated heterocycles. The van der Waals surface area contributed by atoms with Crippen LogP contribution < -0.4 is 0 Å². The summed E-state index contributed by atoms with van der Waals surface area (Å²) in [7, 11) is 0. The average Bonchev–Trinajstić information content (AvgIpc) is 3.35. The number of nitrogens with one attached hydrogen (secondary N) is 1. The van der Waals surface area contributed by atoms with Gasteiger partial charge in [0.15, 0.2) is 11.7 Å². The molecule has 1 aliphatic rings. The van der Waals surface area contributed by atoms with Gasteiger partial charge in [-0.05, 0) is 42.5 Å². The number of carbonyl (C=O) groups is 2. The molecule has 3 aromatic rings. The molecule has 2 aromatic heterocycles. The number of hydrogen-bond donors (Lipinski definition) is 2. The van der Waals surface area contributed by atoms with E-state index in [2.05, 4.69) is 15.0 Å². The highest BCUT2D eigenvalue weighted by Gasteiger charge is 2.45. The predicted molar refractivity (Wildman–Crippen MR) is 119 cm³/mol. The number of Topliss-reactive ketones (excluding diaryl/α,β-unsaturated/α-hetero) is 1. The standard InChI is InChI=1S/C24H22FN3O5/c1-24(2,12-29)13-32-23(31)19-20(30)18(10-14-11-27-21-17(14)4-3-9-26-21)33-22(19)28-16-7-5-15(25)6-8-16/h3-11,19,29H,12-13H2,1-2H3,(H,26,27)/b18-10-,28-22?. The number of halogens is 1. The van der Waals surface area contributed by atoms with E-state index in [4.69, 9.17) is 9.47 Å². The SMILES string of the molecule is CC(C)(CO)COC(=O)C1C(=O)/C(=C/c2c[nH]c3ncccc23)OC1=Nc1ccc(F)cc1. The number of aliphatic imine (C=N–C) groups is 1. The number of ketones is 1. The van der Waals surface area contributed by atoms with Gasteiger partial charge >= 0.3 is 5.97 Å². The van der Waals surface area contributed by atoms with Crippen LogP contribution >= 0.6 is 0 Å². The molecule has 0 saturated carbocycles. The Morgan fingerprint density at radius 3 is 2.82 bits per heavy atom. The molecule has 170 valence electrons. The molecule has 0 spiro atoms. The van der Waals surface area contributed by atoms with Crippen LogP contribution in [0.5, 0.6) is 0 Å². The fraction of sp³-hybridized carbons (Fsp3) is 0.250. The minimum absolute atomic E-state index is 0.0796. The van der Waals surface area contributed by atoms with Crippen molar-refractivity contribution in [2.24, 2.45) is 16.3 Å². The number of benzene rings is 1. The second-order valence-electron chi connectivity index (χ2n) is 8.41. The number of aromatic nitrogens is 2. The van der Waals surface area contributed by atoms with Crippen molar-refractivity contribution in [2.45, 2.75) is 13.8 Å². The Balaban J connectivity index is 1.69. The first-order valence-electron chi connectivity index (χ1n) is 10.2. The summed E-state index contributed by atoms with van der Waals surface area (Å²) in [5.74, 6) is -3.56. The lowest BCUT2D eigenvalue weighted by atomic mass is 9.96. The Bertz CT molecular complexity index is 1260. The zero-order chi connectivity index (χ0) is 23.6. The zero-order valence-electron chi connectivity index (χ0n) is 18.0. The van der Waals surface area contributed by atoms with Gasteiger partial charge in [0, 0.05) is 28.8 Å². The van der Waals surface area contributed by atoms with E-state index in [0.29, 0.717) is 16.9 Å². The fourth-order valence-electron chi connectivity index (χ4n) is 3.15. The Kier molecular flexibility index (Phi) is 6.06. The van der Waals surface area contributed by atoms with E-state index < -0.39 is 28.9 Å². The van der Waals surface area contributed by atoms with Gasteiger partial charge in [0.25, 0.3) is 0 Å². The van der Waals surface area contributed by atoms with E-state index >= 15 is 0 Å². The second kappa shape index (κ2) is 8.95. The molecule has 1 aliphatic heterocycles. The summed E-state index contributed by atoms with van der Waals surface area (Å²) in [4.78, 5) is 37.5. The summed E-state index contributed by atoms with van der Waals surface area (Å²) in [5.41, 5.74) is 0.919. The van der Waals surface area contributed by atoms with Crippen LogP contribution in [0.15, 0.2) is 59.5 Å². The Hall–Kier alpha value is -3.85. The van der Waals surface area contributed by atoms with E-state index in [-0.39, 0.29) is 24.9 Å². The number of pyridine rings is 1. The van der Waals surface area contributed by atoms with Gasteiger partial charge in [-0.25, -0.2) is 14.4 Å². The molecule has 8 nitrogen and oxygen atoms in total. The number of aliphatic hydroxyl groups excluding tert-OH is 1. The Morgan fingerprint density at radius 2 is 2.09 bits per heavy atom. The third kappa shape index (κ3) is 4.83. The number of ether oxygens (including phenoxy) is 2. The van der Waals surface area contributed by atoms with Crippen LogP contribution in [0, 0.1) is 17.2 Å². The minimum atomic E-state index is -1.42. The molecule has 2 N–H and O–H groups in total. The summed E-state index contributed by atoms with van der Waals surface area (Å²) in [6, 6.07) is 8.83. The van der Waals surface area contributed by atoms with Crippen LogP contribution in [0.1, 0.15) is 19.4 Å². The molecular weight excluding hydrogens is 429 g/mol. The molecule has 0 radical (unpaired) electrons. The molecule has 1 fully saturated rings. The number of aromatic amines is 1. The van der Waals surface area contributed by atoms with Gasteiger partial charge in [-0.15, -0.1) is 0 Å². The van der Waals surface area contributed by atoms with Crippen LogP contribution in [0.3, 0.4) is 0 Å². The molecule has 0 bridgehead atoms. The molecule has 1 atom stereocenters. The number of carbonyl (C=O) groups excluding carboxylic acids is 2. The van der Waals surface area contributed by atoms with Crippen molar-refractivity contribution in [3.63, 3.8) is 0 Å². The molecule has 0 aliphatic carbocycles. The number of nitrogens with zero attached hydrogens (tertiary/aromatic N) is 2. The van der Waals surface area contributed by atoms with Crippen molar-refractivity contribution in [3.8, 4) is 0 Å². The van der Waals surface area contributed by atoms with E-state index in [0.717, 1.165) is 5.39 Å². The number of fused-ring (bicyclic) bond motifs is 1. The number of esters is 1. The summed E-state index contributed by atoms with van der Waals surface area (Å²) in [5, 5.41) is 10.2. The van der Waals surface area contributed by atoms with Gasteiger partial charge in [-0.2, -0.15) is 0 Å². The lowest BCUT2D eigenvalue weighted by Crippen LogP contribution is -2.32. The van der Waals surface area contributed by atoms with Crippen LogP contribution in [0.2, 0.25) is 0 Å². The quantitative estimate of drug-likeness (QED) is 0.337. The number of H-pyrrole nitrogens is 1. The Morgan fingerprint density at radius 1 is 1.33 bits per heavy atom. The largest absolute Gasteiger partial charge is 0.464 e. The topological polar surface area (TPSA) is 114 Å². The fourth-order valence-corrected chi connectivity index (χ4v) is 3.15. The van der Waals surface area contributed by atoms with Crippen molar-refractivity contribution in [2.75, 3.05) is 13.2 Å². The van der Waals surface area contributed by atoms with Crippen molar-refractivity contribution in [1.29, 1.82) is 0 Å². The monoisotopic (exact) mass is 451 g/mol. The summed E-state index contributed by atoms with van der Waals surface area (Å²) in [6.45, 7) is 3.14. The maximum atomic E-state index is 13.3. The molecule has 1 aromatic carbocycles. The molecular formula is C24H22FN3O5. The van der Waals surface area contributed by atoms with E-state index in [1.54, 1.807) is 32.3 Å². The number of hydrogen-bond acceptors (Lipinski definition) is 7. The third-order valence-electron chi connectivity index (χ3n) is 5.07. The molecule has 3 heterocycles. The van der Waals surface area contributed by atoms with Crippen molar-refractivity contribution >= 4 is 40.4 Å². The molecule has 33 heavy (non-hydrogen) atoms. The molecule has 1 unspecified atom stereocenters. The first kappa shape index (κ1) is 22.3. The summed E-state index contributed by atoms with van der Waals surface area (Å²) in [6.07, 6.45) is 4.82. The lowest BCUT2D eigenvalue weighted by Gasteiger charge is -2.21. The van der Waals surface area contributed by atoms with Gasteiger partial charge in [0.05, 0.1) is 18.9 Å². The Labute approximate surface area is 188 Å². The van der Waals surface area contributed by atoms with Gasteiger partial charge in [-0.1, -0.05) is 13.8 Å². The number of allylic oxidation sites excluding steroid dienone is 1. The smallest absolute Gasteiger partial charge is 0.326 e. The predicted octanol–water partition coefficient (Wildman–Crippen LogP) is 3.55. The minimum Gasteiger partial charge on any atom is -0.464 e. The highest BCUT2D eigenvalue weighted by atomic mass is 19.1. The van der Waals surface area contributed by atoms with Gasteiger partial charge in [-0.3, -0.25) is 9.59 Å². The molecule has 4 rings (SSSR count). The van der Waals surface area contributed by atoms with Gasteiger partial charge in [0.2, 0.25) is 11.7 Å². The van der Waals surface area contributed by atoms with Crippen LogP contribution in [-0.4, -0.2) is 45.9 Å². The van der Waals surface area contributed by atoms with E-state index in [1.807, 2.05) is 6.07 Å². The maximum Gasteiger partial charge on any atom is 0.326 e. The molecule has 9 heteroatoms. The van der Waals surface area contributed by atoms with Crippen LogP contribution in [0.4, 0.5) is 10.1 Å². The van der Waals surface area contributed by atoms with Crippen molar-refractivity contribution in [1.82, 2.24) is 9.97 Å². The number of rotatable bonds is 6. The van der Waals surface area contributed by atoms with Crippen molar-refractivity contribution in [3.05, 3.63) is 65.9 Å². The van der Waals surface area contributed by atoms with Gasteiger partial charge in [0.1, 0.15) is 11.5 Å². The van der Waals surface area contributed by atoms with E-state index in [1.165, 1.54) is 30.3 Å². The molecule has 0 amide bonds. The second-order valence-corrected chi connectivity index (χ2v) is 8.41. The van der Waals surface area contributed by atoms with E-state index in [9.17, 15) is 19.1 Å². The van der Waals surface area contributed by atoms with Gasteiger partial charge < -0.3 is 19.6 Å². The third-order valence-corrected chi connectivity index (χ3v) is 5.07. The maximum absolute atomic E-state index is 13.3. The zero-order valence-corrected chi connectivity index (χ0v) is 18.0. The normalized spacial score (nSPS) is 18.8. The lowest BCUT2D eigenvalue weighted by molar-refractivity contribution is -0.151. The first-order valence-corrected chi connectivity index (χ1v) is 10.2. The van der Waals surface area contributed by atoms with Crippen LogP contribution in [-0.2, 0) is 19.1 Å². The summed E-state index contributed by atoms with van der Waals surface area (Å²) < 4.78 is 24.3. The number of aliphatic hydroxyl groups is 1. The summed E-state index contributed by atoms with van der Waals surface area (Å²) >= 11 is 0.